The summed E-state index contributed by atoms with van der Waals surface area (Å²) in [6.07, 6.45) is 7.97. The van der Waals surface area contributed by atoms with Crippen LogP contribution >= 0.6 is 46.9 Å². The number of hydrogen-bond acceptors (Lipinski definition) is 25. The van der Waals surface area contributed by atoms with E-state index in [4.69, 9.17) is 28.8 Å². The van der Waals surface area contributed by atoms with Crippen LogP contribution in [-0.2, 0) is 58.5 Å². The number of aromatic nitrogens is 10. The van der Waals surface area contributed by atoms with Crippen LogP contribution in [0.2, 0.25) is 0 Å². The van der Waals surface area contributed by atoms with Gasteiger partial charge in [-0.05, 0) is 211 Å². The van der Waals surface area contributed by atoms with E-state index in [1.54, 1.807) is 123 Å². The van der Waals surface area contributed by atoms with Gasteiger partial charge in [0.05, 0.1) is 128 Å². The Morgan fingerprint density at radius 2 is 1.06 bits per heavy atom. The second-order valence-corrected chi connectivity index (χ2v) is 32.6. The first-order valence-electron chi connectivity index (χ1n) is 41.0. The van der Waals surface area contributed by atoms with Crippen molar-refractivity contribution in [3.05, 3.63) is 274 Å². The Hall–Kier alpha value is -14.3. The minimum Gasteiger partial charge on any atom is -0.497 e. The fourth-order valence-corrected chi connectivity index (χ4v) is 18.2. The highest BCUT2D eigenvalue weighted by atomic mass is 32.1. The number of Topliss-reactive ketones (excluding diaryl/α,β-unsaturated/α-hetero) is 1. The van der Waals surface area contributed by atoms with Crippen LogP contribution in [0.5, 0.6) is 28.7 Å². The summed E-state index contributed by atoms with van der Waals surface area (Å²) in [5.41, 5.74) is 18.3. The number of ketones is 1. The van der Waals surface area contributed by atoms with Crippen molar-refractivity contribution in [3.8, 4) is 39.9 Å². The maximum atomic E-state index is 14.0. The molecule has 1 aliphatic carbocycles. The third-order valence-electron chi connectivity index (χ3n) is 22.5. The summed E-state index contributed by atoms with van der Waals surface area (Å²) in [4.78, 5) is 74.9. The molecule has 1 saturated carbocycles. The Labute approximate surface area is 750 Å². The second-order valence-electron chi connectivity index (χ2n) is 30.5. The number of hydrogen-bond donors (Lipinski definition) is 4. The molecule has 32 heteroatoms. The number of carboxylic acid groups (broad SMARTS) is 4. The van der Waals surface area contributed by atoms with Gasteiger partial charge in [-0.3, -0.25) is 9.59 Å². The number of hydrazone groups is 1. The smallest absolute Gasteiger partial charge is 0.399 e. The fourth-order valence-electron chi connectivity index (χ4n) is 16.1. The van der Waals surface area contributed by atoms with Crippen LogP contribution in [0.15, 0.2) is 223 Å². The summed E-state index contributed by atoms with van der Waals surface area (Å²) in [7, 11) is 9.54. The second kappa shape index (κ2) is 40.3. The third-order valence-corrected chi connectivity index (χ3v) is 24.7. The Morgan fingerprint density at radius 3 is 1.64 bits per heavy atom. The van der Waals surface area contributed by atoms with Crippen LogP contribution in [0, 0.1) is 5.92 Å². The number of ether oxygens (including phenoxy) is 6. The molecule has 2 aliphatic rings. The molecule has 4 N–H and O–H groups in total. The van der Waals surface area contributed by atoms with Gasteiger partial charge in [0.1, 0.15) is 67.2 Å². The predicted octanol–water partition coefficient (Wildman–Crippen LogP) is 18.6. The van der Waals surface area contributed by atoms with Crippen molar-refractivity contribution in [2.45, 2.75) is 96.2 Å². The molecule has 0 amide bonds. The summed E-state index contributed by atoms with van der Waals surface area (Å²) >= 11 is 4.50. The first kappa shape index (κ1) is 88.5. The minimum atomic E-state index is -1.23. The molecule has 0 bridgehead atoms. The molecule has 128 heavy (non-hydrogen) atoms. The van der Waals surface area contributed by atoms with Gasteiger partial charge in [0.25, 0.3) is 0 Å². The number of para-hydroxylation sites is 1. The maximum Gasteiger partial charge on any atom is 0.399 e. The molecule has 18 rings (SSSR count). The number of carbonyl (C=O) groups excluding carboxylic acids is 2. The Bertz CT molecular complexity index is 6890. The molecule has 2 atom stereocenters. The number of unbranched alkanes of at least 4 members (excludes halogenated alkanes) is 1. The monoisotopic (exact) mass is 1790 g/mol. The molecule has 1 aliphatic heterocycles. The normalized spacial score (nSPS) is 13.6. The molecule has 2 unspecified atom stereocenters. The van der Waals surface area contributed by atoms with Gasteiger partial charge in [-0.2, -0.15) is 35.0 Å². The van der Waals surface area contributed by atoms with Gasteiger partial charge >= 0.3 is 35.6 Å². The SMILES string of the molecule is CCCCC1=N[N+](Cc2ccccc2)=C(C(=O)O)C1Cc1ccc2nsnc2c1.COC(=O)c1ccc(CC(C(=O)O)c2ccc3nsnc3c2)cc1.COc1ccc(-c2c(C(=O)O)n(Cc3ccc4nsnc4c3)c3c4ccccc4n(C)c23)cc1.COc1ccc(C(=O)/C(Cc2cc(OC)c(OC3CCCC3)c(OC)c2)=C(\C(=O)O)c2ccc3nsnc3c2)cc1. The van der Waals surface area contributed by atoms with Gasteiger partial charge in [0.15, 0.2) is 23.8 Å². The van der Waals surface area contributed by atoms with Crippen molar-refractivity contribution < 1.29 is 82.3 Å². The number of esters is 1. The Morgan fingerprint density at radius 1 is 0.523 bits per heavy atom. The lowest BCUT2D eigenvalue weighted by molar-refractivity contribution is -0.546. The molecule has 0 saturated heterocycles. The zero-order valence-corrected chi connectivity index (χ0v) is 73.9. The Kier molecular flexibility index (Phi) is 27.9. The zero-order valence-electron chi connectivity index (χ0n) is 70.6. The number of fused-ring (bicyclic) bond motifs is 7. The highest BCUT2D eigenvalue weighted by molar-refractivity contribution is 7.00. The van der Waals surface area contributed by atoms with Crippen LogP contribution in [0.3, 0.4) is 0 Å². The summed E-state index contributed by atoms with van der Waals surface area (Å²) in [6, 6.07) is 64.5. The molecule has 650 valence electrons. The van der Waals surface area contributed by atoms with E-state index in [9.17, 15) is 49.2 Å². The van der Waals surface area contributed by atoms with Crippen molar-refractivity contribution in [2.75, 3.05) is 35.5 Å². The topological polar surface area (TPSA) is 367 Å². The van der Waals surface area contributed by atoms with Crippen LogP contribution in [0.1, 0.15) is 128 Å². The standard InChI is InChI=1S/C31H30N2O7S.C26H20N4O3S.C22H22N4O2S.C17H14N2O4S/c1-37-21-11-8-19(9-12-21)29(34)23(28(31(35)36)20-10-13-24-25(17-20)33-41-32-24)14-18-15-26(38-2)30(27(16-18)39-3)40-22-6-4-5-7-22;1-29-21-6-4-3-5-18(21)23-24(29)22(16-8-10-17(33-2)11-9-16)25(26(31)32)30(23)14-15-7-12-19-20(13-15)28-34-27-19;1-2-3-9-18-17(12-16-10-11-19-20(13-16)25-29-24-19)21(22(27)28)26(23-18)14-15-7-5-4-6-8-15;1-23-17(22)11-4-2-10(3-5-11)8-13(16(20)21)12-6-7-14-15(9-12)19-24-18-14/h8-13,15-17,22H,4-7,14H2,1-3H3,(H,35,36);3-13H,14H2,1-2H3,(H,31,32);4-8,10-11,13,17H,2-3,9,12,14H2,1H3;2-7,9,13H,8H2,1H3,(H,20,21)/p+1/b28-23-;;;. The van der Waals surface area contributed by atoms with Gasteiger partial charge < -0.3 is 58.0 Å². The average Bonchev–Trinajstić information content (AvgIpc) is 1.55. The molecule has 10 aromatic carbocycles. The van der Waals surface area contributed by atoms with Crippen molar-refractivity contribution in [1.82, 2.24) is 44.1 Å². The lowest BCUT2D eigenvalue weighted by Crippen LogP contribution is -2.32. The molecule has 7 heterocycles. The predicted molar refractivity (Wildman–Crippen MR) is 493 cm³/mol. The van der Waals surface area contributed by atoms with Gasteiger partial charge in [-0.1, -0.05) is 115 Å². The number of aromatic carboxylic acids is 1. The minimum absolute atomic E-state index is 0.00369. The first-order valence-corrected chi connectivity index (χ1v) is 43.9. The first-order chi connectivity index (χ1) is 62.2. The van der Waals surface area contributed by atoms with Crippen molar-refractivity contribution in [1.29, 1.82) is 0 Å². The van der Waals surface area contributed by atoms with E-state index in [1.165, 1.54) is 37.7 Å². The lowest BCUT2D eigenvalue weighted by atomic mass is 9.88. The van der Waals surface area contributed by atoms with Crippen LogP contribution in [0.4, 0.5) is 0 Å². The number of nitrogens with zero attached hydrogens (tertiary/aromatic N) is 12. The van der Waals surface area contributed by atoms with E-state index < -0.39 is 41.5 Å². The summed E-state index contributed by atoms with van der Waals surface area (Å²) < 4.78 is 72.4. The fraction of sp³-hybridized carbons (Fsp3) is 0.229. The lowest BCUT2D eigenvalue weighted by Gasteiger charge is -2.20. The van der Waals surface area contributed by atoms with Gasteiger partial charge in [0.2, 0.25) is 5.75 Å². The summed E-state index contributed by atoms with van der Waals surface area (Å²) in [6.45, 7) is 3.00. The number of benzene rings is 10. The third kappa shape index (κ3) is 19.7. The number of rotatable bonds is 29. The summed E-state index contributed by atoms with van der Waals surface area (Å²) in [5, 5.41) is 46.3. The van der Waals surface area contributed by atoms with Crippen LogP contribution in [0.25, 0.3) is 82.8 Å². The molecular weight excluding hydrogens is 1710 g/mol. The van der Waals surface area contributed by atoms with E-state index in [2.05, 4.69) is 57.3 Å². The number of carbonyl (C=O) groups is 6. The molecular formula is C96H87N12O16S4+. The van der Waals surface area contributed by atoms with Crippen molar-refractivity contribution in [2.24, 2.45) is 18.1 Å². The van der Waals surface area contributed by atoms with E-state index >= 15 is 0 Å². The van der Waals surface area contributed by atoms with Gasteiger partial charge in [-0.15, -0.1) is 0 Å². The van der Waals surface area contributed by atoms with E-state index in [1.807, 2.05) is 121 Å². The Balaban J connectivity index is 0.000000134. The molecule has 0 spiro atoms. The number of methoxy groups -OCH3 is 5. The largest absolute Gasteiger partial charge is 0.497 e. The van der Waals surface area contributed by atoms with E-state index in [-0.39, 0.29) is 35.3 Å². The highest BCUT2D eigenvalue weighted by Crippen LogP contribution is 2.45. The van der Waals surface area contributed by atoms with E-state index in [0.29, 0.717) is 105 Å². The zero-order chi connectivity index (χ0) is 89.6. The van der Waals surface area contributed by atoms with Crippen LogP contribution in [-0.4, -0.2) is 158 Å². The van der Waals surface area contributed by atoms with E-state index in [0.717, 1.165) is 157 Å². The molecule has 16 aromatic rings. The maximum absolute atomic E-state index is 14.0. The number of allylic oxidation sites excluding steroid dienone is 1. The quantitative estimate of drug-likeness (QED) is 0.0146. The molecule has 0 radical (unpaired) electrons. The summed E-state index contributed by atoms with van der Waals surface area (Å²) in [5.74, 6) is -3.08. The molecule has 1 fully saturated rings. The molecule has 6 aromatic heterocycles. The molecule has 28 nitrogen and oxygen atoms in total. The highest BCUT2D eigenvalue weighted by Gasteiger charge is 2.43. The van der Waals surface area contributed by atoms with Crippen LogP contribution < -0.4 is 23.7 Å². The number of aryl methyl sites for hydroxylation is 1. The number of carboxylic acids is 4. The average molecular weight is 1790 g/mol. The van der Waals surface area contributed by atoms with Crippen molar-refractivity contribution >= 4 is 166 Å². The van der Waals surface area contributed by atoms with Gasteiger partial charge in [0, 0.05) is 47.7 Å². The van der Waals surface area contributed by atoms with Gasteiger partial charge in [-0.25, -0.2) is 19.2 Å². The number of aliphatic carboxylic acids is 3. The van der Waals surface area contributed by atoms with Crippen molar-refractivity contribution in [3.63, 3.8) is 0 Å².